The molecule has 0 unspecified atom stereocenters. The van der Waals surface area contributed by atoms with E-state index < -0.39 is 34.7 Å². The highest BCUT2D eigenvalue weighted by Crippen LogP contribution is 2.32. The first-order valence-corrected chi connectivity index (χ1v) is 12.4. The molecule has 0 radical (unpaired) electrons. The maximum absolute atomic E-state index is 14.8. The molecule has 0 aliphatic heterocycles. The molecule has 0 atom stereocenters. The van der Waals surface area contributed by atoms with Crippen LogP contribution in [0.3, 0.4) is 0 Å². The Bertz CT molecular complexity index is 1850. The number of hydrogen-bond acceptors (Lipinski definition) is 5. The molecular weight excluding hydrogens is 520 g/mol. The van der Waals surface area contributed by atoms with Crippen LogP contribution in [0.2, 0.25) is 0 Å². The third-order valence-electron chi connectivity index (χ3n) is 6.48. The largest absolute Gasteiger partial charge is 0.356 e. The molecule has 0 bridgehead atoms. The van der Waals surface area contributed by atoms with Crippen LogP contribution in [0.15, 0.2) is 46.0 Å². The van der Waals surface area contributed by atoms with E-state index in [4.69, 9.17) is 6.42 Å². The highest BCUT2D eigenvalue weighted by molar-refractivity contribution is 6.12. The molecule has 3 aromatic rings. The molecule has 2 aromatic carbocycles. The van der Waals surface area contributed by atoms with Gasteiger partial charge >= 0.3 is 5.69 Å². The topological polar surface area (TPSA) is 114 Å². The second-order valence-electron chi connectivity index (χ2n) is 9.39. The van der Waals surface area contributed by atoms with Crippen molar-refractivity contribution in [3.8, 4) is 18.0 Å². The first-order chi connectivity index (χ1) is 19.0. The Hall–Kier alpha value is -4.98. The quantitative estimate of drug-likeness (QED) is 0.407. The highest BCUT2D eigenvalue weighted by atomic mass is 19.1. The van der Waals surface area contributed by atoms with Crippen molar-refractivity contribution in [2.45, 2.75) is 39.7 Å². The molecular formula is C29H27F2N5O4. The van der Waals surface area contributed by atoms with Gasteiger partial charge in [0.15, 0.2) is 0 Å². The average molecular weight is 548 g/mol. The van der Waals surface area contributed by atoms with Crippen molar-refractivity contribution in [2.24, 2.45) is 0 Å². The number of terminal acetylenes is 1. The predicted octanol–water partition coefficient (Wildman–Crippen LogP) is 1.71. The number of halogens is 2. The monoisotopic (exact) mass is 547 g/mol. The zero-order chi connectivity index (χ0) is 29.3. The maximum Gasteiger partial charge on any atom is 0.336 e. The molecule has 4 rings (SSSR count). The molecule has 1 aromatic heterocycles. The van der Waals surface area contributed by atoms with E-state index in [0.717, 1.165) is 21.3 Å². The van der Waals surface area contributed by atoms with Crippen molar-refractivity contribution in [1.82, 2.24) is 14.5 Å². The molecule has 1 saturated carbocycles. The number of carbonyl (C=O) groups excluding carboxylic acids is 2. The smallest absolute Gasteiger partial charge is 0.336 e. The minimum Gasteiger partial charge on any atom is -0.356 e. The van der Waals surface area contributed by atoms with Gasteiger partial charge in [-0.2, -0.15) is 0 Å². The summed E-state index contributed by atoms with van der Waals surface area (Å²) in [5, 5.41) is 7.62. The van der Waals surface area contributed by atoms with Crippen LogP contribution < -0.4 is 37.8 Å². The van der Waals surface area contributed by atoms with Gasteiger partial charge in [0.25, 0.3) is 5.56 Å². The van der Waals surface area contributed by atoms with E-state index in [1.54, 1.807) is 0 Å². The molecule has 40 heavy (non-hydrogen) atoms. The third-order valence-corrected chi connectivity index (χ3v) is 6.48. The van der Waals surface area contributed by atoms with E-state index in [1.165, 1.54) is 52.1 Å². The molecule has 0 spiro atoms. The Morgan fingerprint density at radius 2 is 1.68 bits per heavy atom. The second-order valence-corrected chi connectivity index (χ2v) is 9.39. The summed E-state index contributed by atoms with van der Waals surface area (Å²) in [5.74, 6) is -0.188. The Kier molecular flexibility index (Phi) is 7.72. The van der Waals surface area contributed by atoms with Crippen molar-refractivity contribution < 1.29 is 18.4 Å². The molecule has 11 heteroatoms. The van der Waals surface area contributed by atoms with Crippen LogP contribution in [0.4, 0.5) is 20.2 Å². The van der Waals surface area contributed by atoms with Crippen LogP contribution in [-0.2, 0) is 9.59 Å². The number of hydrogen-bond donors (Lipinski definition) is 3. The Morgan fingerprint density at radius 3 is 2.25 bits per heavy atom. The number of aromatic nitrogens is 2. The van der Waals surface area contributed by atoms with E-state index >= 15 is 0 Å². The van der Waals surface area contributed by atoms with Crippen LogP contribution in [0.1, 0.15) is 45.2 Å². The summed E-state index contributed by atoms with van der Waals surface area (Å²) in [6, 6.07) is 7.32. The van der Waals surface area contributed by atoms with Gasteiger partial charge in [-0.05, 0) is 63.1 Å². The zero-order valence-corrected chi connectivity index (χ0v) is 22.3. The standard InChI is InChI=1S/C29H27F2N5O4/c1-6-18-7-12-23(22(31)13-18)33-16(3)25-26(15(2)27(38)32-5)35(29(40)36(28(25)39)19-8-9-19)20-10-11-21(30)24(14-20)34-17(4)37/h1,7,10-14,19,33H,8-9H2,2-5H3,(H,32,38)(H,34,37)/b25-16-,26-15+. The average Bonchev–Trinajstić information content (AvgIpc) is 3.75. The van der Waals surface area contributed by atoms with Crippen LogP contribution in [0.25, 0.3) is 17.0 Å². The van der Waals surface area contributed by atoms with E-state index in [-0.39, 0.29) is 44.9 Å². The molecule has 3 N–H and O–H groups in total. The van der Waals surface area contributed by atoms with Crippen molar-refractivity contribution in [3.63, 3.8) is 0 Å². The molecule has 1 aliphatic carbocycles. The lowest BCUT2D eigenvalue weighted by Gasteiger charge is -2.17. The zero-order valence-electron chi connectivity index (χ0n) is 22.3. The summed E-state index contributed by atoms with van der Waals surface area (Å²) in [7, 11) is 1.39. The number of nitrogens with zero attached hydrogens (tertiary/aromatic N) is 2. The minimum atomic E-state index is -0.744. The number of carbonyl (C=O) groups is 2. The number of anilines is 2. The molecule has 1 heterocycles. The fraction of sp³-hybridized carbons (Fsp3) is 0.241. The lowest BCUT2D eigenvalue weighted by molar-refractivity contribution is -0.115. The van der Waals surface area contributed by atoms with Crippen LogP contribution in [0.5, 0.6) is 0 Å². The Labute approximate surface area is 227 Å². The van der Waals surface area contributed by atoms with E-state index in [9.17, 15) is 28.0 Å². The lowest BCUT2D eigenvalue weighted by atomic mass is 10.1. The van der Waals surface area contributed by atoms with E-state index in [0.29, 0.717) is 18.4 Å². The number of amides is 2. The van der Waals surface area contributed by atoms with Gasteiger partial charge in [-0.25, -0.2) is 13.6 Å². The second kappa shape index (κ2) is 11.0. The van der Waals surface area contributed by atoms with Gasteiger partial charge in [-0.3, -0.25) is 23.5 Å². The summed E-state index contributed by atoms with van der Waals surface area (Å²) in [6.45, 7) is 4.16. The summed E-state index contributed by atoms with van der Waals surface area (Å²) in [5.41, 5.74) is -1.01. The summed E-state index contributed by atoms with van der Waals surface area (Å²) >= 11 is 0. The van der Waals surface area contributed by atoms with E-state index in [2.05, 4.69) is 21.9 Å². The molecule has 2 amide bonds. The molecule has 9 nitrogen and oxygen atoms in total. The van der Waals surface area contributed by atoms with Gasteiger partial charge in [0.1, 0.15) is 11.6 Å². The van der Waals surface area contributed by atoms with Crippen LogP contribution in [-0.4, -0.2) is 28.0 Å². The highest BCUT2D eigenvalue weighted by Gasteiger charge is 2.30. The molecule has 1 fully saturated rings. The molecule has 0 saturated heterocycles. The molecule has 1 aliphatic rings. The number of benzene rings is 2. The number of rotatable bonds is 6. The predicted molar refractivity (Wildman–Crippen MR) is 148 cm³/mol. The van der Waals surface area contributed by atoms with Crippen molar-refractivity contribution in [1.29, 1.82) is 0 Å². The van der Waals surface area contributed by atoms with Gasteiger partial charge in [0.2, 0.25) is 11.8 Å². The first-order valence-electron chi connectivity index (χ1n) is 12.4. The Morgan fingerprint density at radius 1 is 0.975 bits per heavy atom. The maximum atomic E-state index is 14.8. The van der Waals surface area contributed by atoms with Crippen molar-refractivity contribution in [3.05, 3.63) is 85.0 Å². The van der Waals surface area contributed by atoms with Crippen LogP contribution in [0, 0.1) is 24.0 Å². The van der Waals surface area contributed by atoms with Gasteiger partial charge in [0, 0.05) is 36.8 Å². The summed E-state index contributed by atoms with van der Waals surface area (Å²) in [6.07, 6.45) is 6.52. The third kappa shape index (κ3) is 5.29. The fourth-order valence-electron chi connectivity index (χ4n) is 4.41. The summed E-state index contributed by atoms with van der Waals surface area (Å²) in [4.78, 5) is 52.3. The van der Waals surface area contributed by atoms with Gasteiger partial charge in [-0.1, -0.05) is 5.92 Å². The minimum absolute atomic E-state index is 0.00403. The van der Waals surface area contributed by atoms with Gasteiger partial charge < -0.3 is 16.0 Å². The Balaban J connectivity index is 2.18. The molecule has 206 valence electrons. The van der Waals surface area contributed by atoms with Crippen molar-refractivity contribution in [2.75, 3.05) is 17.7 Å². The van der Waals surface area contributed by atoms with Crippen molar-refractivity contribution >= 4 is 34.5 Å². The lowest BCUT2D eigenvalue weighted by Crippen LogP contribution is -2.60. The first kappa shape index (κ1) is 28.0. The normalized spacial score (nSPS) is 14.1. The number of nitrogens with one attached hydrogen (secondary N) is 3. The van der Waals surface area contributed by atoms with E-state index in [1.807, 2.05) is 0 Å². The van der Waals surface area contributed by atoms with Crippen LogP contribution >= 0.6 is 0 Å². The van der Waals surface area contributed by atoms with Gasteiger partial charge in [0.05, 0.1) is 27.6 Å². The summed E-state index contributed by atoms with van der Waals surface area (Å²) < 4.78 is 31.6. The fourth-order valence-corrected chi connectivity index (χ4v) is 4.41. The van der Waals surface area contributed by atoms with Gasteiger partial charge in [-0.15, -0.1) is 6.42 Å². The SMILES string of the molecule is C#Cc1ccc(N/C(C)=c2\c(=O)n(C3CC3)c(=O)n(-c3ccc(F)c(NC(C)=O)c3)\c2=C(/C)C(=O)NC)c(F)c1.